The molecule has 0 bridgehead atoms. The van der Waals surface area contributed by atoms with E-state index in [0.717, 1.165) is 31.9 Å². The predicted molar refractivity (Wildman–Crippen MR) is 141 cm³/mol. The van der Waals surface area contributed by atoms with Crippen LogP contribution in [0.4, 0.5) is 21.8 Å². The number of halogens is 1. The molecule has 190 valence electrons. The van der Waals surface area contributed by atoms with Crippen molar-refractivity contribution in [2.45, 2.75) is 0 Å². The number of oxazole rings is 1. The first-order valence-electron chi connectivity index (χ1n) is 12.5. The van der Waals surface area contributed by atoms with Crippen LogP contribution in [0, 0.1) is 5.82 Å². The third-order valence-electron chi connectivity index (χ3n) is 6.82. The molecule has 8 nitrogen and oxygen atoms in total. The van der Waals surface area contributed by atoms with E-state index < -0.39 is 5.82 Å². The Labute approximate surface area is 214 Å². The average Bonchev–Trinajstić information content (AvgIpc) is 3.36. The fourth-order valence-electron chi connectivity index (χ4n) is 4.82. The minimum Gasteiger partial charge on any atom is -0.423 e. The maximum atomic E-state index is 15.1. The van der Waals surface area contributed by atoms with Gasteiger partial charge >= 0.3 is 0 Å². The van der Waals surface area contributed by atoms with Crippen molar-refractivity contribution in [1.29, 1.82) is 0 Å². The van der Waals surface area contributed by atoms with Crippen molar-refractivity contribution >= 4 is 34.4 Å². The first kappa shape index (κ1) is 23.4. The Morgan fingerprint density at radius 1 is 0.973 bits per heavy atom. The van der Waals surface area contributed by atoms with Gasteiger partial charge in [-0.1, -0.05) is 18.2 Å². The van der Waals surface area contributed by atoms with E-state index in [9.17, 15) is 4.79 Å². The maximum Gasteiger partial charge on any atom is 0.300 e. The number of hydrogen-bond acceptors (Lipinski definition) is 7. The normalized spacial score (nSPS) is 16.2. The van der Waals surface area contributed by atoms with Crippen molar-refractivity contribution < 1.29 is 18.3 Å². The highest BCUT2D eigenvalue weighted by Crippen LogP contribution is 2.33. The number of fused-ring (bicyclic) bond motifs is 1. The van der Waals surface area contributed by atoms with Gasteiger partial charge in [0.15, 0.2) is 5.58 Å². The van der Waals surface area contributed by atoms with Gasteiger partial charge in [-0.15, -0.1) is 0 Å². The van der Waals surface area contributed by atoms with E-state index in [0.29, 0.717) is 54.5 Å². The summed E-state index contributed by atoms with van der Waals surface area (Å²) >= 11 is 0. The number of ether oxygens (including phenoxy) is 1. The molecule has 2 fully saturated rings. The minimum absolute atomic E-state index is 0.0574. The highest BCUT2D eigenvalue weighted by molar-refractivity contribution is 5.96. The van der Waals surface area contributed by atoms with Crippen LogP contribution in [0.25, 0.3) is 22.2 Å². The third-order valence-corrected chi connectivity index (χ3v) is 6.82. The third kappa shape index (κ3) is 4.87. The van der Waals surface area contributed by atoms with Crippen LogP contribution in [0.2, 0.25) is 0 Å². The van der Waals surface area contributed by atoms with Crippen LogP contribution in [0.15, 0.2) is 65.1 Å². The van der Waals surface area contributed by atoms with Gasteiger partial charge in [0.25, 0.3) is 11.9 Å². The molecule has 0 atom stereocenters. The summed E-state index contributed by atoms with van der Waals surface area (Å²) < 4.78 is 26.4. The quantitative estimate of drug-likeness (QED) is 0.423. The number of nitrogens with zero attached hydrogens (tertiary/aromatic N) is 3. The number of para-hydroxylation sites is 1. The molecule has 0 spiro atoms. The molecule has 4 aromatic rings. The van der Waals surface area contributed by atoms with Crippen molar-refractivity contribution in [3.63, 3.8) is 0 Å². The number of amides is 1. The monoisotopic (exact) mass is 501 g/mol. The van der Waals surface area contributed by atoms with Gasteiger partial charge in [-0.05, 0) is 48.0 Å². The Bertz CT molecular complexity index is 1410. The summed E-state index contributed by atoms with van der Waals surface area (Å²) in [6.07, 6.45) is 0. The summed E-state index contributed by atoms with van der Waals surface area (Å²) in [4.78, 5) is 21.3. The van der Waals surface area contributed by atoms with Gasteiger partial charge in [0.05, 0.1) is 18.8 Å². The molecule has 9 heteroatoms. The van der Waals surface area contributed by atoms with Gasteiger partial charge in [0.2, 0.25) is 0 Å². The van der Waals surface area contributed by atoms with Crippen LogP contribution in [0.1, 0.15) is 10.4 Å². The second-order valence-electron chi connectivity index (χ2n) is 9.18. The van der Waals surface area contributed by atoms with E-state index >= 15 is 4.39 Å². The number of aromatic nitrogens is 1. The zero-order chi connectivity index (χ0) is 25.2. The average molecular weight is 502 g/mol. The topological polar surface area (TPSA) is 82.9 Å². The summed E-state index contributed by atoms with van der Waals surface area (Å²) in [5.41, 5.74) is 4.64. The molecule has 2 N–H and O–H groups in total. The molecule has 0 unspecified atom stereocenters. The standard InChI is InChI=1S/C28H28FN5O3/c29-24-18-19(4-9-23(24)27(35)34-14-16-36-17-15-34)22-2-1-3-25-26(22)37-28(32-25)31-20-5-7-21(8-6-20)33-12-10-30-11-13-33/h1-9,18,30H,10-17H2,(H,31,32). The van der Waals surface area contributed by atoms with Crippen molar-refractivity contribution in [3.05, 3.63) is 72.0 Å². The summed E-state index contributed by atoms with van der Waals surface area (Å²) in [7, 11) is 0. The Kier molecular flexibility index (Phi) is 6.46. The highest BCUT2D eigenvalue weighted by Gasteiger charge is 2.22. The van der Waals surface area contributed by atoms with Gasteiger partial charge in [-0.25, -0.2) is 4.39 Å². The highest BCUT2D eigenvalue weighted by atomic mass is 19.1. The maximum absolute atomic E-state index is 15.1. The lowest BCUT2D eigenvalue weighted by Gasteiger charge is -2.29. The van der Waals surface area contributed by atoms with Crippen molar-refractivity contribution in [2.75, 3.05) is 62.7 Å². The number of morpholine rings is 1. The van der Waals surface area contributed by atoms with E-state index in [-0.39, 0.29) is 11.5 Å². The fraction of sp³-hybridized carbons (Fsp3) is 0.286. The minimum atomic E-state index is -0.562. The van der Waals surface area contributed by atoms with E-state index in [2.05, 4.69) is 32.7 Å². The zero-order valence-corrected chi connectivity index (χ0v) is 20.4. The van der Waals surface area contributed by atoms with E-state index in [1.54, 1.807) is 11.0 Å². The van der Waals surface area contributed by atoms with Crippen molar-refractivity contribution in [3.8, 4) is 11.1 Å². The van der Waals surface area contributed by atoms with E-state index in [4.69, 9.17) is 9.15 Å². The number of carbonyl (C=O) groups is 1. The second-order valence-corrected chi connectivity index (χ2v) is 9.18. The number of nitrogens with one attached hydrogen (secondary N) is 2. The lowest BCUT2D eigenvalue weighted by Crippen LogP contribution is -2.43. The second kappa shape index (κ2) is 10.2. The predicted octanol–water partition coefficient (Wildman–Crippen LogP) is 4.26. The van der Waals surface area contributed by atoms with Crippen LogP contribution < -0.4 is 15.5 Å². The molecule has 6 rings (SSSR count). The Balaban J connectivity index is 1.22. The molecular formula is C28H28FN5O3. The van der Waals surface area contributed by atoms with Crippen LogP contribution in [0.3, 0.4) is 0 Å². The van der Waals surface area contributed by atoms with Crippen LogP contribution in [0.5, 0.6) is 0 Å². The number of anilines is 3. The first-order valence-corrected chi connectivity index (χ1v) is 12.5. The van der Waals surface area contributed by atoms with Crippen molar-refractivity contribution in [1.82, 2.24) is 15.2 Å². The Morgan fingerprint density at radius 2 is 1.76 bits per heavy atom. The molecule has 37 heavy (non-hydrogen) atoms. The summed E-state index contributed by atoms with van der Waals surface area (Å²) in [6.45, 7) is 5.82. The molecule has 0 aliphatic carbocycles. The summed E-state index contributed by atoms with van der Waals surface area (Å²) in [5.74, 6) is -0.881. The molecule has 2 saturated heterocycles. The number of rotatable bonds is 5. The smallest absolute Gasteiger partial charge is 0.300 e. The largest absolute Gasteiger partial charge is 0.423 e. The number of piperazine rings is 1. The lowest BCUT2D eigenvalue weighted by atomic mass is 10.0. The molecule has 2 aliphatic rings. The number of hydrogen-bond donors (Lipinski definition) is 2. The molecule has 3 aromatic carbocycles. The SMILES string of the molecule is O=C(c1ccc(-c2cccc3nc(Nc4ccc(N5CCNCC5)cc4)oc23)cc1F)N1CCOCC1. The molecule has 3 heterocycles. The summed E-state index contributed by atoms with van der Waals surface area (Å²) in [5, 5.41) is 6.60. The van der Waals surface area contributed by atoms with Crippen LogP contribution in [-0.4, -0.2) is 68.3 Å². The van der Waals surface area contributed by atoms with E-state index in [1.165, 1.54) is 17.8 Å². The van der Waals surface area contributed by atoms with Crippen LogP contribution >= 0.6 is 0 Å². The van der Waals surface area contributed by atoms with Gasteiger partial charge in [-0.2, -0.15) is 4.98 Å². The van der Waals surface area contributed by atoms with Crippen molar-refractivity contribution in [2.24, 2.45) is 0 Å². The molecule has 1 amide bonds. The molecule has 2 aliphatic heterocycles. The van der Waals surface area contributed by atoms with Gasteiger partial charge in [0.1, 0.15) is 11.3 Å². The Hall–Kier alpha value is -3.95. The molecule has 0 saturated carbocycles. The van der Waals surface area contributed by atoms with Gasteiger partial charge in [0, 0.05) is 56.2 Å². The molecule has 0 radical (unpaired) electrons. The first-order chi connectivity index (χ1) is 18.2. The fourth-order valence-corrected chi connectivity index (χ4v) is 4.82. The lowest BCUT2D eigenvalue weighted by molar-refractivity contribution is 0.0300. The number of benzene rings is 3. The molecule has 1 aromatic heterocycles. The summed E-state index contributed by atoms with van der Waals surface area (Å²) in [6, 6.07) is 18.8. The molecular weight excluding hydrogens is 473 g/mol. The number of carbonyl (C=O) groups excluding carboxylic acids is 1. The zero-order valence-electron chi connectivity index (χ0n) is 20.4. The Morgan fingerprint density at radius 3 is 2.51 bits per heavy atom. The van der Waals surface area contributed by atoms with Gasteiger partial charge in [-0.3, -0.25) is 4.79 Å². The van der Waals surface area contributed by atoms with Gasteiger partial charge < -0.3 is 29.6 Å². The van der Waals surface area contributed by atoms with E-state index in [1.807, 2.05) is 30.3 Å². The van der Waals surface area contributed by atoms with Crippen LogP contribution in [-0.2, 0) is 4.74 Å².